The molecular formula is C10H21N3O. The van der Waals surface area contributed by atoms with E-state index in [1.807, 2.05) is 0 Å². The van der Waals surface area contributed by atoms with Gasteiger partial charge in [0.1, 0.15) is 0 Å². The van der Waals surface area contributed by atoms with Crippen molar-refractivity contribution in [1.29, 1.82) is 0 Å². The van der Waals surface area contributed by atoms with Crippen molar-refractivity contribution in [2.45, 2.75) is 32.8 Å². The molecule has 3 N–H and O–H groups in total. The van der Waals surface area contributed by atoms with Crippen molar-refractivity contribution in [3.63, 3.8) is 0 Å². The molecule has 0 atom stereocenters. The van der Waals surface area contributed by atoms with Crippen LogP contribution < -0.4 is 5.73 Å². The minimum absolute atomic E-state index is 0.149. The molecule has 1 heterocycles. The van der Waals surface area contributed by atoms with Gasteiger partial charge in [-0.15, -0.1) is 0 Å². The molecule has 0 aromatic carbocycles. The third kappa shape index (κ3) is 3.54. The topological polar surface area (TPSA) is 61.8 Å². The third-order valence-electron chi connectivity index (χ3n) is 2.41. The van der Waals surface area contributed by atoms with Crippen molar-refractivity contribution in [2.75, 3.05) is 19.6 Å². The monoisotopic (exact) mass is 199 g/mol. The third-order valence-corrected chi connectivity index (χ3v) is 2.41. The maximum Gasteiger partial charge on any atom is 0.191 e. The molecule has 1 aliphatic heterocycles. The van der Waals surface area contributed by atoms with E-state index in [2.05, 4.69) is 23.7 Å². The fraction of sp³-hybridized carbons (Fsp3) is 0.900. The van der Waals surface area contributed by atoms with Crippen LogP contribution in [0.4, 0.5) is 0 Å². The normalized spacial score (nSPS) is 20.6. The largest absolute Gasteiger partial charge is 0.393 e. The Kier molecular flexibility index (Phi) is 4.20. The average molecular weight is 199 g/mol. The first-order valence-corrected chi connectivity index (χ1v) is 5.32. The van der Waals surface area contributed by atoms with Crippen LogP contribution in [0, 0.1) is 5.92 Å². The molecule has 0 amide bonds. The van der Waals surface area contributed by atoms with Crippen LogP contribution in [0.25, 0.3) is 0 Å². The van der Waals surface area contributed by atoms with Crippen molar-refractivity contribution in [2.24, 2.45) is 16.6 Å². The zero-order valence-corrected chi connectivity index (χ0v) is 9.11. The summed E-state index contributed by atoms with van der Waals surface area (Å²) in [7, 11) is 0. The lowest BCUT2D eigenvalue weighted by Gasteiger charge is -2.30. The van der Waals surface area contributed by atoms with E-state index < -0.39 is 0 Å². The Hall–Kier alpha value is -0.770. The molecule has 0 aromatic heterocycles. The van der Waals surface area contributed by atoms with Crippen LogP contribution >= 0.6 is 0 Å². The number of rotatable bonds is 2. The first kappa shape index (κ1) is 11.3. The first-order valence-electron chi connectivity index (χ1n) is 5.32. The van der Waals surface area contributed by atoms with Gasteiger partial charge in [-0.05, 0) is 18.8 Å². The Morgan fingerprint density at radius 1 is 1.50 bits per heavy atom. The average Bonchev–Trinajstić information content (AvgIpc) is 2.15. The van der Waals surface area contributed by atoms with Crippen LogP contribution in [0.1, 0.15) is 26.7 Å². The Bertz CT molecular complexity index is 196. The minimum atomic E-state index is -0.149. The van der Waals surface area contributed by atoms with Gasteiger partial charge in [0, 0.05) is 19.6 Å². The highest BCUT2D eigenvalue weighted by atomic mass is 16.3. The molecule has 1 aliphatic rings. The summed E-state index contributed by atoms with van der Waals surface area (Å²) in [5.41, 5.74) is 5.84. The van der Waals surface area contributed by atoms with Crippen molar-refractivity contribution in [3.8, 4) is 0 Å². The fourth-order valence-corrected chi connectivity index (χ4v) is 1.47. The van der Waals surface area contributed by atoms with Crippen LogP contribution in [0.3, 0.4) is 0 Å². The SMILES string of the molecule is CC(C)CN=C(N)N1CCC(O)CC1. The molecule has 0 aliphatic carbocycles. The second kappa shape index (κ2) is 5.20. The van der Waals surface area contributed by atoms with E-state index >= 15 is 0 Å². The maximum atomic E-state index is 9.32. The summed E-state index contributed by atoms with van der Waals surface area (Å²) in [5, 5.41) is 9.32. The van der Waals surface area contributed by atoms with Gasteiger partial charge in [0.05, 0.1) is 6.10 Å². The van der Waals surface area contributed by atoms with E-state index in [0.29, 0.717) is 11.9 Å². The van der Waals surface area contributed by atoms with Crippen molar-refractivity contribution in [3.05, 3.63) is 0 Å². The summed E-state index contributed by atoms with van der Waals surface area (Å²) >= 11 is 0. The van der Waals surface area contributed by atoms with Gasteiger partial charge in [0.2, 0.25) is 0 Å². The van der Waals surface area contributed by atoms with Gasteiger partial charge in [0.15, 0.2) is 5.96 Å². The number of likely N-dealkylation sites (tertiary alicyclic amines) is 1. The molecule has 1 rings (SSSR count). The number of aliphatic hydroxyl groups is 1. The van der Waals surface area contributed by atoms with Crippen molar-refractivity contribution >= 4 is 5.96 Å². The molecule has 0 saturated carbocycles. The molecule has 0 unspecified atom stereocenters. The van der Waals surface area contributed by atoms with Crippen LogP contribution in [0.15, 0.2) is 4.99 Å². The van der Waals surface area contributed by atoms with E-state index in [0.717, 1.165) is 32.5 Å². The molecule has 0 aromatic rings. The number of nitrogens with two attached hydrogens (primary N) is 1. The lowest BCUT2D eigenvalue weighted by molar-refractivity contribution is 0.108. The highest BCUT2D eigenvalue weighted by Crippen LogP contribution is 2.09. The zero-order valence-electron chi connectivity index (χ0n) is 9.11. The number of nitrogens with zero attached hydrogens (tertiary/aromatic N) is 2. The Morgan fingerprint density at radius 2 is 2.07 bits per heavy atom. The predicted octanol–water partition coefficient (Wildman–Crippen LogP) is 0.414. The molecule has 0 bridgehead atoms. The van der Waals surface area contributed by atoms with Crippen molar-refractivity contribution in [1.82, 2.24) is 4.90 Å². The summed E-state index contributed by atoms with van der Waals surface area (Å²) in [6.07, 6.45) is 1.46. The molecule has 82 valence electrons. The highest BCUT2D eigenvalue weighted by Gasteiger charge is 2.17. The fourth-order valence-electron chi connectivity index (χ4n) is 1.47. The summed E-state index contributed by atoms with van der Waals surface area (Å²) < 4.78 is 0. The van der Waals surface area contributed by atoms with Gasteiger partial charge >= 0.3 is 0 Å². The Balaban J connectivity index is 2.37. The molecular weight excluding hydrogens is 178 g/mol. The second-order valence-corrected chi connectivity index (χ2v) is 4.31. The number of aliphatic hydroxyl groups excluding tert-OH is 1. The highest BCUT2D eigenvalue weighted by molar-refractivity contribution is 5.78. The molecule has 0 radical (unpaired) electrons. The smallest absolute Gasteiger partial charge is 0.191 e. The molecule has 4 heteroatoms. The van der Waals surface area contributed by atoms with Crippen molar-refractivity contribution < 1.29 is 5.11 Å². The van der Waals surface area contributed by atoms with E-state index in [9.17, 15) is 5.11 Å². The van der Waals surface area contributed by atoms with Crippen LogP contribution in [-0.2, 0) is 0 Å². The number of piperidine rings is 1. The number of hydrogen-bond donors (Lipinski definition) is 2. The molecule has 0 spiro atoms. The predicted molar refractivity (Wildman–Crippen MR) is 58.1 cm³/mol. The minimum Gasteiger partial charge on any atom is -0.393 e. The van der Waals surface area contributed by atoms with E-state index in [-0.39, 0.29) is 6.10 Å². The molecule has 1 fully saturated rings. The van der Waals surface area contributed by atoms with Crippen LogP contribution in [0.2, 0.25) is 0 Å². The molecule has 1 saturated heterocycles. The summed E-state index contributed by atoms with van der Waals surface area (Å²) in [5.74, 6) is 1.18. The van der Waals surface area contributed by atoms with E-state index in [1.54, 1.807) is 0 Å². The lowest BCUT2D eigenvalue weighted by Crippen LogP contribution is -2.44. The van der Waals surface area contributed by atoms with E-state index in [4.69, 9.17) is 5.73 Å². The summed E-state index contributed by atoms with van der Waals surface area (Å²) in [6, 6.07) is 0. The quantitative estimate of drug-likeness (QED) is 0.500. The number of guanidine groups is 1. The summed E-state index contributed by atoms with van der Waals surface area (Å²) in [6.45, 7) is 6.68. The van der Waals surface area contributed by atoms with Gasteiger partial charge in [-0.25, -0.2) is 0 Å². The lowest BCUT2D eigenvalue weighted by atomic mass is 10.1. The second-order valence-electron chi connectivity index (χ2n) is 4.31. The standard InChI is InChI=1S/C10H21N3O/c1-8(2)7-12-10(11)13-5-3-9(14)4-6-13/h8-9,14H,3-7H2,1-2H3,(H2,11,12). The number of hydrogen-bond acceptors (Lipinski definition) is 2. The van der Waals surface area contributed by atoms with Gasteiger partial charge in [-0.2, -0.15) is 0 Å². The van der Waals surface area contributed by atoms with Gasteiger partial charge in [-0.3, -0.25) is 4.99 Å². The van der Waals surface area contributed by atoms with Gasteiger partial charge in [0.25, 0.3) is 0 Å². The van der Waals surface area contributed by atoms with Crippen LogP contribution in [-0.4, -0.2) is 41.7 Å². The summed E-state index contributed by atoms with van der Waals surface area (Å²) in [4.78, 5) is 6.36. The van der Waals surface area contributed by atoms with Gasteiger partial charge < -0.3 is 15.7 Å². The Morgan fingerprint density at radius 3 is 2.57 bits per heavy atom. The molecule has 4 nitrogen and oxygen atoms in total. The zero-order chi connectivity index (χ0) is 10.6. The maximum absolute atomic E-state index is 9.32. The number of aliphatic imine (C=N–C) groups is 1. The van der Waals surface area contributed by atoms with E-state index in [1.165, 1.54) is 0 Å². The Labute approximate surface area is 85.8 Å². The first-order chi connectivity index (χ1) is 6.59. The van der Waals surface area contributed by atoms with Crippen LogP contribution in [0.5, 0.6) is 0 Å². The molecule has 14 heavy (non-hydrogen) atoms. The van der Waals surface area contributed by atoms with Gasteiger partial charge in [-0.1, -0.05) is 13.8 Å².